The molecule has 0 saturated carbocycles. The maximum Gasteiger partial charge on any atom is 0.341 e. The van der Waals surface area contributed by atoms with Gasteiger partial charge in [-0.25, -0.2) is 9.18 Å². The molecule has 17 heavy (non-hydrogen) atoms. The molecule has 0 aliphatic carbocycles. The number of ether oxygens (including phenoxy) is 1. The van der Waals surface area contributed by atoms with E-state index in [4.69, 9.17) is 4.74 Å². The molecule has 0 atom stereocenters. The minimum absolute atomic E-state index is 0.0211. The average molecular weight is 303 g/mol. The Morgan fingerprint density at radius 1 is 1.47 bits per heavy atom. The Morgan fingerprint density at radius 3 is 2.59 bits per heavy atom. The number of hydrogen-bond donors (Lipinski definition) is 0. The fourth-order valence-electron chi connectivity index (χ4n) is 1.19. The molecule has 1 aromatic carbocycles. The first-order valence-corrected chi connectivity index (χ1v) is 6.25. The van der Waals surface area contributed by atoms with Crippen LogP contribution in [0.3, 0.4) is 0 Å². The quantitative estimate of drug-likeness (QED) is 0.781. The summed E-state index contributed by atoms with van der Waals surface area (Å²) < 4.78 is 19.5. The van der Waals surface area contributed by atoms with Crippen molar-refractivity contribution in [3.05, 3.63) is 33.5 Å². The van der Waals surface area contributed by atoms with Crippen LogP contribution in [0, 0.1) is 12.7 Å². The molecule has 0 bridgehead atoms. The Labute approximate surface area is 109 Å². The normalized spacial score (nSPS) is 11.4. The largest absolute Gasteiger partial charge is 0.456 e. The molecule has 0 fully saturated rings. The van der Waals surface area contributed by atoms with Gasteiger partial charge >= 0.3 is 5.97 Å². The molecule has 0 aromatic heterocycles. The summed E-state index contributed by atoms with van der Waals surface area (Å²) in [6, 6.07) is 2.78. The topological polar surface area (TPSA) is 26.3 Å². The standard InChI is InChI=1S/C13H16BrFO2/c1-5-13(3,4)17-12(16)9-6-8(2)10(14)7-11(9)15/h6-7H,5H2,1-4H3. The zero-order chi connectivity index (χ0) is 13.2. The fourth-order valence-corrected chi connectivity index (χ4v) is 1.51. The van der Waals surface area contributed by atoms with Gasteiger partial charge in [0, 0.05) is 4.47 Å². The summed E-state index contributed by atoms with van der Waals surface area (Å²) in [5.41, 5.74) is 0.199. The van der Waals surface area contributed by atoms with E-state index in [0.717, 1.165) is 5.56 Å². The minimum Gasteiger partial charge on any atom is -0.456 e. The van der Waals surface area contributed by atoms with Gasteiger partial charge in [-0.1, -0.05) is 22.9 Å². The number of esters is 1. The minimum atomic E-state index is -0.620. The van der Waals surface area contributed by atoms with Gasteiger partial charge in [-0.2, -0.15) is 0 Å². The number of carbonyl (C=O) groups excluding carboxylic acids is 1. The van der Waals surface area contributed by atoms with E-state index >= 15 is 0 Å². The Morgan fingerprint density at radius 2 is 2.06 bits per heavy atom. The Balaban J connectivity index is 3.01. The van der Waals surface area contributed by atoms with Crippen LogP contribution in [0.15, 0.2) is 16.6 Å². The van der Waals surface area contributed by atoms with Crippen LogP contribution in [0.4, 0.5) is 4.39 Å². The van der Waals surface area contributed by atoms with Crippen LogP contribution in [0.2, 0.25) is 0 Å². The van der Waals surface area contributed by atoms with Crippen LogP contribution in [-0.2, 0) is 4.74 Å². The van der Waals surface area contributed by atoms with E-state index in [1.165, 1.54) is 12.1 Å². The molecule has 94 valence electrons. The van der Waals surface area contributed by atoms with Gasteiger partial charge in [-0.15, -0.1) is 0 Å². The highest BCUT2D eigenvalue weighted by Crippen LogP contribution is 2.23. The zero-order valence-electron chi connectivity index (χ0n) is 10.4. The van der Waals surface area contributed by atoms with Crippen LogP contribution < -0.4 is 0 Å². The van der Waals surface area contributed by atoms with E-state index in [0.29, 0.717) is 10.9 Å². The van der Waals surface area contributed by atoms with Gasteiger partial charge in [0.15, 0.2) is 0 Å². The van der Waals surface area contributed by atoms with Crippen LogP contribution >= 0.6 is 15.9 Å². The summed E-state index contributed by atoms with van der Waals surface area (Å²) in [4.78, 5) is 11.8. The maximum absolute atomic E-state index is 13.6. The lowest BCUT2D eigenvalue weighted by Crippen LogP contribution is -2.27. The Hall–Kier alpha value is -0.900. The summed E-state index contributed by atoms with van der Waals surface area (Å²) in [7, 11) is 0. The summed E-state index contributed by atoms with van der Waals surface area (Å²) in [6.45, 7) is 7.31. The van der Waals surface area contributed by atoms with Gasteiger partial charge < -0.3 is 4.74 Å². The number of halogens is 2. The van der Waals surface area contributed by atoms with E-state index in [1.54, 1.807) is 20.8 Å². The van der Waals surface area contributed by atoms with Gasteiger partial charge in [-0.3, -0.25) is 0 Å². The molecular weight excluding hydrogens is 287 g/mol. The SMILES string of the molecule is CCC(C)(C)OC(=O)c1cc(C)c(Br)cc1F. The van der Waals surface area contributed by atoms with Gasteiger partial charge in [0.25, 0.3) is 0 Å². The van der Waals surface area contributed by atoms with Gasteiger partial charge in [0.1, 0.15) is 11.4 Å². The van der Waals surface area contributed by atoms with Crippen molar-refractivity contribution in [3.63, 3.8) is 0 Å². The third-order valence-corrected chi connectivity index (χ3v) is 3.54. The number of carbonyl (C=O) groups is 1. The lowest BCUT2D eigenvalue weighted by atomic mass is 10.1. The highest BCUT2D eigenvalue weighted by atomic mass is 79.9. The maximum atomic E-state index is 13.6. The first-order chi connectivity index (χ1) is 7.76. The molecule has 0 aliphatic heterocycles. The van der Waals surface area contributed by atoms with Crippen molar-refractivity contribution >= 4 is 21.9 Å². The van der Waals surface area contributed by atoms with Crippen LogP contribution in [0.25, 0.3) is 0 Å². The van der Waals surface area contributed by atoms with E-state index in [9.17, 15) is 9.18 Å². The van der Waals surface area contributed by atoms with Crippen LogP contribution in [-0.4, -0.2) is 11.6 Å². The Kier molecular flexibility index (Phi) is 4.31. The second-order valence-electron chi connectivity index (χ2n) is 4.58. The molecule has 0 heterocycles. The van der Waals surface area contributed by atoms with Crippen molar-refractivity contribution in [2.45, 2.75) is 39.7 Å². The fraction of sp³-hybridized carbons (Fsp3) is 0.462. The monoisotopic (exact) mass is 302 g/mol. The van der Waals surface area contributed by atoms with Gasteiger partial charge in [0.2, 0.25) is 0 Å². The molecule has 0 spiro atoms. The van der Waals surface area contributed by atoms with Crippen molar-refractivity contribution in [2.75, 3.05) is 0 Å². The molecular formula is C13H16BrFO2. The van der Waals surface area contributed by atoms with Crippen molar-refractivity contribution in [1.29, 1.82) is 0 Å². The van der Waals surface area contributed by atoms with Crippen LogP contribution in [0.5, 0.6) is 0 Å². The average Bonchev–Trinajstić information content (AvgIpc) is 2.22. The summed E-state index contributed by atoms with van der Waals surface area (Å²) >= 11 is 3.21. The molecule has 1 aromatic rings. The molecule has 0 radical (unpaired) electrons. The van der Waals surface area contributed by atoms with Crippen molar-refractivity contribution in [3.8, 4) is 0 Å². The third-order valence-electron chi connectivity index (χ3n) is 2.69. The second-order valence-corrected chi connectivity index (χ2v) is 5.44. The first-order valence-electron chi connectivity index (χ1n) is 5.46. The highest BCUT2D eigenvalue weighted by molar-refractivity contribution is 9.10. The van der Waals surface area contributed by atoms with Gasteiger partial charge in [0.05, 0.1) is 5.56 Å². The Bertz CT molecular complexity index is 441. The number of hydrogen-bond acceptors (Lipinski definition) is 2. The highest BCUT2D eigenvalue weighted by Gasteiger charge is 2.23. The molecule has 0 aliphatic rings. The molecule has 1 rings (SSSR count). The van der Waals surface area contributed by atoms with E-state index in [1.807, 2.05) is 6.92 Å². The van der Waals surface area contributed by atoms with E-state index in [-0.39, 0.29) is 5.56 Å². The van der Waals surface area contributed by atoms with Crippen LogP contribution in [0.1, 0.15) is 43.1 Å². The number of benzene rings is 1. The predicted molar refractivity (Wildman–Crippen MR) is 68.6 cm³/mol. The van der Waals surface area contributed by atoms with E-state index in [2.05, 4.69) is 15.9 Å². The summed E-state index contributed by atoms with van der Waals surface area (Å²) in [5, 5.41) is 0. The van der Waals surface area contributed by atoms with Crippen molar-refractivity contribution in [1.82, 2.24) is 0 Å². The van der Waals surface area contributed by atoms with Crippen molar-refractivity contribution in [2.24, 2.45) is 0 Å². The molecule has 0 saturated heterocycles. The molecule has 2 nitrogen and oxygen atoms in total. The molecule has 4 heteroatoms. The van der Waals surface area contributed by atoms with E-state index < -0.39 is 17.4 Å². The third kappa shape index (κ3) is 3.53. The smallest absolute Gasteiger partial charge is 0.341 e. The number of rotatable bonds is 3. The lowest BCUT2D eigenvalue weighted by molar-refractivity contribution is -0.00290. The summed E-state index contributed by atoms with van der Waals surface area (Å²) in [6.07, 6.45) is 0.676. The predicted octanol–water partition coefficient (Wildman–Crippen LogP) is 4.24. The lowest BCUT2D eigenvalue weighted by Gasteiger charge is -2.23. The molecule has 0 unspecified atom stereocenters. The van der Waals surface area contributed by atoms with Crippen molar-refractivity contribution < 1.29 is 13.9 Å². The zero-order valence-corrected chi connectivity index (χ0v) is 12.0. The molecule has 0 amide bonds. The molecule has 0 N–H and O–H groups in total. The second kappa shape index (κ2) is 5.17. The number of aryl methyl sites for hydroxylation is 1. The summed E-state index contributed by atoms with van der Waals surface area (Å²) in [5.74, 6) is -1.19. The first kappa shape index (κ1) is 14.2. The van der Waals surface area contributed by atoms with Gasteiger partial charge in [-0.05, 0) is 44.9 Å².